The van der Waals surface area contributed by atoms with Gasteiger partial charge in [-0.15, -0.1) is 0 Å². The number of nitrogens with one attached hydrogen (secondary N) is 2. The first-order valence-corrected chi connectivity index (χ1v) is 9.22. The van der Waals surface area contributed by atoms with E-state index in [-0.39, 0.29) is 10.4 Å². The highest BCUT2D eigenvalue weighted by molar-refractivity contribution is 6.31. The van der Waals surface area contributed by atoms with E-state index in [4.69, 9.17) is 11.6 Å². The molecule has 1 saturated carbocycles. The quantitative estimate of drug-likeness (QED) is 0.718. The van der Waals surface area contributed by atoms with Crippen molar-refractivity contribution in [3.63, 3.8) is 0 Å². The van der Waals surface area contributed by atoms with Gasteiger partial charge in [-0.3, -0.25) is 0 Å². The summed E-state index contributed by atoms with van der Waals surface area (Å²) < 4.78 is 14.3. The summed E-state index contributed by atoms with van der Waals surface area (Å²) in [6.45, 7) is 2.12. The Bertz CT molecular complexity index is 1010. The number of halogens is 2. The highest BCUT2D eigenvalue weighted by atomic mass is 35.5. The molecule has 132 valence electrons. The fourth-order valence-electron chi connectivity index (χ4n) is 4.21. The normalized spacial score (nSPS) is 24.3. The molecule has 2 heterocycles. The topological polar surface area (TPSA) is 49.8 Å². The number of rotatable bonds is 3. The van der Waals surface area contributed by atoms with Gasteiger partial charge >= 0.3 is 0 Å². The van der Waals surface area contributed by atoms with Crippen LogP contribution in [0.5, 0.6) is 0 Å². The highest BCUT2D eigenvalue weighted by Gasteiger charge is 2.55. The van der Waals surface area contributed by atoms with Crippen LogP contribution in [0.25, 0.3) is 10.9 Å². The van der Waals surface area contributed by atoms with E-state index >= 15 is 0 Å². The van der Waals surface area contributed by atoms with Crippen LogP contribution in [0.15, 0.2) is 42.7 Å². The Morgan fingerprint density at radius 3 is 3.04 bits per heavy atom. The molecule has 2 aromatic carbocycles. The Morgan fingerprint density at radius 1 is 1.23 bits per heavy atom. The minimum atomic E-state index is -0.477. The van der Waals surface area contributed by atoms with Gasteiger partial charge in [-0.05, 0) is 55.1 Å². The summed E-state index contributed by atoms with van der Waals surface area (Å²) in [6.07, 6.45) is 3.94. The van der Waals surface area contributed by atoms with Crippen molar-refractivity contribution in [3.05, 3.63) is 59.1 Å². The van der Waals surface area contributed by atoms with Crippen LogP contribution in [0.4, 0.5) is 15.9 Å². The van der Waals surface area contributed by atoms with Crippen LogP contribution in [-0.4, -0.2) is 23.1 Å². The predicted octanol–water partition coefficient (Wildman–Crippen LogP) is 4.42. The molecule has 26 heavy (non-hydrogen) atoms. The van der Waals surface area contributed by atoms with Gasteiger partial charge in [-0.1, -0.05) is 23.7 Å². The number of hydrogen-bond acceptors (Lipinski definition) is 4. The molecule has 1 aliphatic carbocycles. The van der Waals surface area contributed by atoms with E-state index in [1.165, 1.54) is 30.8 Å². The van der Waals surface area contributed by atoms with E-state index in [1.54, 1.807) is 12.1 Å². The van der Waals surface area contributed by atoms with E-state index in [0.717, 1.165) is 29.9 Å². The number of anilines is 2. The average molecular weight is 369 g/mol. The highest BCUT2D eigenvalue weighted by Crippen LogP contribution is 2.57. The van der Waals surface area contributed by atoms with Gasteiger partial charge in [-0.25, -0.2) is 14.4 Å². The largest absolute Gasteiger partial charge is 0.337 e. The van der Waals surface area contributed by atoms with Crippen LogP contribution >= 0.6 is 11.6 Å². The predicted molar refractivity (Wildman–Crippen MR) is 102 cm³/mol. The molecule has 2 aliphatic rings. The van der Waals surface area contributed by atoms with Gasteiger partial charge < -0.3 is 10.6 Å². The molecule has 0 bridgehead atoms. The third-order valence-corrected chi connectivity index (χ3v) is 6.05. The molecule has 2 fully saturated rings. The van der Waals surface area contributed by atoms with Crippen LogP contribution in [0.3, 0.4) is 0 Å². The van der Waals surface area contributed by atoms with E-state index in [1.807, 2.05) is 6.07 Å². The van der Waals surface area contributed by atoms with Crippen molar-refractivity contribution in [2.75, 3.05) is 18.4 Å². The number of nitrogens with zero attached hydrogens (tertiary/aromatic N) is 2. The Hall–Kier alpha value is -2.24. The van der Waals surface area contributed by atoms with Crippen molar-refractivity contribution in [1.82, 2.24) is 15.3 Å². The Labute approximate surface area is 155 Å². The molecule has 1 unspecified atom stereocenters. The van der Waals surface area contributed by atoms with Crippen LogP contribution < -0.4 is 10.6 Å². The lowest BCUT2D eigenvalue weighted by Gasteiger charge is -2.24. The summed E-state index contributed by atoms with van der Waals surface area (Å²) in [5.41, 5.74) is 2.70. The minimum Gasteiger partial charge on any atom is -0.337 e. The maximum Gasteiger partial charge on any atom is 0.165 e. The zero-order valence-corrected chi connectivity index (χ0v) is 14.9. The van der Waals surface area contributed by atoms with Crippen molar-refractivity contribution >= 4 is 34.0 Å². The van der Waals surface area contributed by atoms with E-state index in [2.05, 4.69) is 32.7 Å². The van der Waals surface area contributed by atoms with Crippen molar-refractivity contribution in [2.24, 2.45) is 5.92 Å². The maximum atomic E-state index is 14.3. The molecule has 2 N–H and O–H groups in total. The molecular weight excluding hydrogens is 351 g/mol. The van der Waals surface area contributed by atoms with Gasteiger partial charge in [0.2, 0.25) is 0 Å². The lowest BCUT2D eigenvalue weighted by molar-refractivity contribution is 0.447. The molecule has 3 aromatic rings. The van der Waals surface area contributed by atoms with Gasteiger partial charge in [0, 0.05) is 17.3 Å². The van der Waals surface area contributed by atoms with Gasteiger partial charge in [0.1, 0.15) is 12.1 Å². The third-order valence-electron chi connectivity index (χ3n) is 5.76. The molecule has 5 rings (SSSR count). The lowest BCUT2D eigenvalue weighted by Crippen LogP contribution is -2.34. The first-order valence-electron chi connectivity index (χ1n) is 8.84. The molecule has 0 spiro atoms. The Balaban J connectivity index is 1.58. The molecule has 0 radical (unpaired) electrons. The summed E-state index contributed by atoms with van der Waals surface area (Å²) in [7, 11) is 0. The number of benzene rings is 2. The second-order valence-electron chi connectivity index (χ2n) is 7.20. The van der Waals surface area contributed by atoms with E-state index in [9.17, 15) is 4.39 Å². The fourth-order valence-corrected chi connectivity index (χ4v) is 4.39. The van der Waals surface area contributed by atoms with Crippen molar-refractivity contribution in [1.29, 1.82) is 0 Å². The number of hydrogen-bond donors (Lipinski definition) is 2. The molecule has 1 aromatic heterocycles. The van der Waals surface area contributed by atoms with Gasteiger partial charge in [0.15, 0.2) is 5.82 Å². The van der Waals surface area contributed by atoms with Crippen LogP contribution in [-0.2, 0) is 5.41 Å². The second-order valence-corrected chi connectivity index (χ2v) is 7.61. The summed E-state index contributed by atoms with van der Waals surface area (Å²) in [5, 5.41) is 7.59. The SMILES string of the molecule is Fc1c(Cl)cccc1Nc1ncnc2ccc([C@]34CNCCC3C4)cc12. The van der Waals surface area contributed by atoms with Gasteiger partial charge in [-0.2, -0.15) is 0 Å². The average Bonchev–Trinajstić information content (AvgIpc) is 3.41. The van der Waals surface area contributed by atoms with Crippen molar-refractivity contribution in [2.45, 2.75) is 18.3 Å². The number of fused-ring (bicyclic) bond motifs is 2. The Morgan fingerprint density at radius 2 is 2.15 bits per heavy atom. The molecule has 6 heteroatoms. The first-order chi connectivity index (χ1) is 12.7. The monoisotopic (exact) mass is 368 g/mol. The molecule has 2 atom stereocenters. The number of piperidine rings is 1. The number of aromatic nitrogens is 2. The maximum absolute atomic E-state index is 14.3. The smallest absolute Gasteiger partial charge is 0.165 e. The molecule has 1 saturated heterocycles. The second kappa shape index (κ2) is 5.89. The molecule has 0 amide bonds. The zero-order valence-electron chi connectivity index (χ0n) is 14.1. The fraction of sp³-hybridized carbons (Fsp3) is 0.300. The Kier molecular flexibility index (Phi) is 3.62. The summed E-state index contributed by atoms with van der Waals surface area (Å²) in [6, 6.07) is 11.3. The van der Waals surface area contributed by atoms with Gasteiger partial charge in [0.25, 0.3) is 0 Å². The lowest BCUT2D eigenvalue weighted by atomic mass is 9.89. The van der Waals surface area contributed by atoms with Crippen molar-refractivity contribution in [3.8, 4) is 0 Å². The first kappa shape index (κ1) is 16.0. The van der Waals surface area contributed by atoms with Crippen molar-refractivity contribution < 1.29 is 4.39 Å². The minimum absolute atomic E-state index is 0.0852. The van der Waals surface area contributed by atoms with E-state index in [0.29, 0.717) is 11.5 Å². The third kappa shape index (κ3) is 2.46. The molecule has 1 aliphatic heterocycles. The summed E-state index contributed by atoms with van der Waals surface area (Å²) in [4.78, 5) is 8.71. The summed E-state index contributed by atoms with van der Waals surface area (Å²) >= 11 is 5.89. The van der Waals surface area contributed by atoms with Gasteiger partial charge in [0.05, 0.1) is 16.2 Å². The van der Waals surface area contributed by atoms with Crippen LogP contribution in [0.2, 0.25) is 5.02 Å². The molecular formula is C20H18ClFN4. The van der Waals surface area contributed by atoms with Crippen LogP contribution in [0.1, 0.15) is 18.4 Å². The zero-order chi connectivity index (χ0) is 17.7. The van der Waals surface area contributed by atoms with E-state index < -0.39 is 5.82 Å². The molecule has 4 nitrogen and oxygen atoms in total. The van der Waals surface area contributed by atoms with Crippen LogP contribution in [0, 0.1) is 11.7 Å². The summed E-state index contributed by atoms with van der Waals surface area (Å²) in [5.74, 6) is 0.873. The standard InChI is InChI=1S/C20H18ClFN4/c21-15-2-1-3-17(18(15)22)26-19-14-8-12(4-5-16(14)24-11-25-19)20-9-13(20)6-7-23-10-20/h1-5,8,11,13,23H,6-7,9-10H2,(H,24,25,26)/t13?,20-/m0/s1.